The molecule has 0 heterocycles. The van der Waals surface area contributed by atoms with Crippen LogP contribution in [-0.2, 0) is 32.6 Å². The van der Waals surface area contributed by atoms with Gasteiger partial charge in [0.15, 0.2) is 0 Å². The molecule has 1 saturated carbocycles. The summed E-state index contributed by atoms with van der Waals surface area (Å²) < 4.78 is 38.2. The van der Waals surface area contributed by atoms with Gasteiger partial charge in [-0.05, 0) is 48.6 Å². The zero-order valence-corrected chi connectivity index (χ0v) is 26.8. The molecule has 3 aromatic carbocycles. The SMILES string of the molecule is COc1ccc(OC)c(N(CC(=O)N(Cc2ccccc2C)[C@@H](Cc2ccccc2)C(=O)NC2CCCCC2)S(C)(=O)=O)c1. The van der Waals surface area contributed by atoms with Crippen LogP contribution in [0.25, 0.3) is 0 Å². The van der Waals surface area contributed by atoms with Gasteiger partial charge in [-0.2, -0.15) is 0 Å². The fourth-order valence-corrected chi connectivity index (χ4v) is 6.50. The van der Waals surface area contributed by atoms with E-state index in [1.54, 1.807) is 12.1 Å². The van der Waals surface area contributed by atoms with Crippen LogP contribution < -0.4 is 19.1 Å². The summed E-state index contributed by atoms with van der Waals surface area (Å²) in [5, 5.41) is 3.22. The summed E-state index contributed by atoms with van der Waals surface area (Å²) in [4.78, 5) is 30.1. The van der Waals surface area contributed by atoms with Crippen LogP contribution in [0.2, 0.25) is 0 Å². The van der Waals surface area contributed by atoms with Gasteiger partial charge in [0.25, 0.3) is 0 Å². The van der Waals surface area contributed by atoms with E-state index in [-0.39, 0.29) is 36.4 Å². The Balaban J connectivity index is 1.77. The molecule has 0 unspecified atom stereocenters. The van der Waals surface area contributed by atoms with Crippen LogP contribution in [0.15, 0.2) is 72.8 Å². The van der Waals surface area contributed by atoms with Crippen molar-refractivity contribution in [3.8, 4) is 11.5 Å². The third kappa shape index (κ3) is 8.53. The molecular weight excluding hydrogens is 578 g/mol. The summed E-state index contributed by atoms with van der Waals surface area (Å²) in [7, 11) is -1.05. The van der Waals surface area contributed by atoms with E-state index < -0.39 is 28.5 Å². The predicted octanol–water partition coefficient (Wildman–Crippen LogP) is 4.87. The number of benzene rings is 3. The Morgan fingerprint density at radius 3 is 2.25 bits per heavy atom. The van der Waals surface area contributed by atoms with Crippen molar-refractivity contribution in [2.24, 2.45) is 0 Å². The average molecular weight is 622 g/mol. The molecule has 0 saturated heterocycles. The van der Waals surface area contributed by atoms with E-state index in [1.165, 1.54) is 25.2 Å². The Hall–Kier alpha value is -4.05. The summed E-state index contributed by atoms with van der Waals surface area (Å²) in [6, 6.07) is 21.2. The van der Waals surface area contributed by atoms with Crippen molar-refractivity contribution in [1.29, 1.82) is 0 Å². The number of sulfonamides is 1. The molecule has 3 aromatic rings. The molecule has 0 aliphatic heterocycles. The Labute approximate surface area is 261 Å². The highest BCUT2D eigenvalue weighted by atomic mass is 32.2. The van der Waals surface area contributed by atoms with Gasteiger partial charge in [0.05, 0.1) is 26.2 Å². The van der Waals surface area contributed by atoms with E-state index in [1.807, 2.05) is 61.5 Å². The van der Waals surface area contributed by atoms with Crippen molar-refractivity contribution in [2.75, 3.05) is 31.3 Å². The molecule has 0 spiro atoms. The number of methoxy groups -OCH3 is 2. The number of nitrogens with one attached hydrogen (secondary N) is 1. The van der Waals surface area contributed by atoms with Crippen LogP contribution in [0.4, 0.5) is 5.69 Å². The molecule has 0 radical (unpaired) electrons. The van der Waals surface area contributed by atoms with E-state index in [9.17, 15) is 18.0 Å². The summed E-state index contributed by atoms with van der Waals surface area (Å²) in [6.07, 6.45) is 6.35. The second-order valence-electron chi connectivity index (χ2n) is 11.3. The van der Waals surface area contributed by atoms with Gasteiger partial charge in [-0.25, -0.2) is 8.42 Å². The fraction of sp³-hybridized carbons (Fsp3) is 0.412. The summed E-state index contributed by atoms with van der Waals surface area (Å²) in [5.41, 5.74) is 2.90. The topological polar surface area (TPSA) is 105 Å². The first-order valence-electron chi connectivity index (χ1n) is 15.0. The molecule has 1 fully saturated rings. The minimum atomic E-state index is -3.96. The maximum absolute atomic E-state index is 14.4. The quantitative estimate of drug-likeness (QED) is 0.292. The molecule has 1 atom stereocenters. The van der Waals surface area contributed by atoms with Crippen LogP contribution in [0.5, 0.6) is 11.5 Å². The number of hydrogen-bond donors (Lipinski definition) is 1. The molecule has 0 aromatic heterocycles. The number of carbonyl (C=O) groups excluding carboxylic acids is 2. The van der Waals surface area contributed by atoms with Gasteiger partial charge < -0.3 is 19.7 Å². The number of amides is 2. The van der Waals surface area contributed by atoms with Gasteiger partial charge in [0, 0.05) is 25.1 Å². The number of hydrogen-bond acceptors (Lipinski definition) is 6. The number of nitrogens with zero attached hydrogens (tertiary/aromatic N) is 2. The molecule has 236 valence electrons. The van der Waals surface area contributed by atoms with Crippen molar-refractivity contribution >= 4 is 27.5 Å². The molecule has 1 N–H and O–H groups in total. The van der Waals surface area contributed by atoms with E-state index >= 15 is 0 Å². The molecule has 1 aliphatic rings. The van der Waals surface area contributed by atoms with Gasteiger partial charge in [-0.15, -0.1) is 0 Å². The average Bonchev–Trinajstić information content (AvgIpc) is 3.02. The number of rotatable bonds is 13. The molecule has 2 amide bonds. The highest BCUT2D eigenvalue weighted by Crippen LogP contribution is 2.34. The van der Waals surface area contributed by atoms with Crippen LogP contribution in [0.3, 0.4) is 0 Å². The minimum Gasteiger partial charge on any atom is -0.497 e. The molecule has 0 bridgehead atoms. The second-order valence-corrected chi connectivity index (χ2v) is 13.2. The van der Waals surface area contributed by atoms with Gasteiger partial charge in [-0.1, -0.05) is 73.9 Å². The Morgan fingerprint density at radius 2 is 1.61 bits per heavy atom. The van der Waals surface area contributed by atoms with E-state index in [0.29, 0.717) is 5.75 Å². The lowest BCUT2D eigenvalue weighted by Crippen LogP contribution is -2.55. The van der Waals surface area contributed by atoms with Crippen LogP contribution in [0.1, 0.15) is 48.8 Å². The monoisotopic (exact) mass is 621 g/mol. The molecule has 1 aliphatic carbocycles. The Kier molecular flexibility index (Phi) is 11.3. The smallest absolute Gasteiger partial charge is 0.244 e. The number of aryl methyl sites for hydroxylation is 1. The summed E-state index contributed by atoms with van der Waals surface area (Å²) in [6.45, 7) is 1.56. The van der Waals surface area contributed by atoms with Crippen molar-refractivity contribution in [3.05, 3.63) is 89.5 Å². The number of carbonyl (C=O) groups is 2. The van der Waals surface area contributed by atoms with Crippen molar-refractivity contribution in [2.45, 2.75) is 64.1 Å². The highest BCUT2D eigenvalue weighted by Gasteiger charge is 2.35. The molecule has 9 nitrogen and oxygen atoms in total. The maximum atomic E-state index is 14.4. The lowest BCUT2D eigenvalue weighted by Gasteiger charge is -2.35. The zero-order chi connectivity index (χ0) is 31.7. The lowest BCUT2D eigenvalue weighted by molar-refractivity contribution is -0.140. The molecule has 10 heteroatoms. The zero-order valence-electron chi connectivity index (χ0n) is 26.0. The molecule has 44 heavy (non-hydrogen) atoms. The third-order valence-corrected chi connectivity index (χ3v) is 9.28. The molecular formula is C34H43N3O6S. The largest absolute Gasteiger partial charge is 0.497 e. The lowest BCUT2D eigenvalue weighted by atomic mass is 9.94. The first-order valence-corrected chi connectivity index (χ1v) is 16.8. The molecule has 4 rings (SSSR count). The minimum absolute atomic E-state index is 0.0403. The maximum Gasteiger partial charge on any atom is 0.244 e. The Morgan fingerprint density at radius 1 is 0.932 bits per heavy atom. The predicted molar refractivity (Wildman–Crippen MR) is 172 cm³/mol. The van der Waals surface area contributed by atoms with Crippen LogP contribution in [-0.4, -0.2) is 64.2 Å². The van der Waals surface area contributed by atoms with E-state index in [0.717, 1.165) is 59.4 Å². The van der Waals surface area contributed by atoms with Crippen LogP contribution >= 0.6 is 0 Å². The van der Waals surface area contributed by atoms with E-state index in [4.69, 9.17) is 9.47 Å². The van der Waals surface area contributed by atoms with Gasteiger partial charge in [0.2, 0.25) is 21.8 Å². The van der Waals surface area contributed by atoms with E-state index in [2.05, 4.69) is 5.32 Å². The van der Waals surface area contributed by atoms with Crippen LogP contribution in [0, 0.1) is 6.92 Å². The van der Waals surface area contributed by atoms with Gasteiger partial charge >= 0.3 is 0 Å². The van der Waals surface area contributed by atoms with Gasteiger partial charge in [-0.3, -0.25) is 13.9 Å². The summed E-state index contributed by atoms with van der Waals surface area (Å²) in [5.74, 6) is -0.0753. The second kappa shape index (κ2) is 15.1. The first kappa shape index (κ1) is 32.9. The first-order chi connectivity index (χ1) is 21.1. The normalized spacial score (nSPS) is 14.4. The third-order valence-electron chi connectivity index (χ3n) is 8.16. The van der Waals surface area contributed by atoms with Crippen molar-refractivity contribution < 1.29 is 27.5 Å². The highest BCUT2D eigenvalue weighted by molar-refractivity contribution is 7.92. The van der Waals surface area contributed by atoms with Crippen molar-refractivity contribution in [1.82, 2.24) is 10.2 Å². The Bertz CT molecular complexity index is 1520. The number of anilines is 1. The number of ether oxygens (including phenoxy) is 2. The summed E-state index contributed by atoms with van der Waals surface area (Å²) >= 11 is 0. The van der Waals surface area contributed by atoms with Gasteiger partial charge in [0.1, 0.15) is 24.1 Å². The standard InChI is InChI=1S/C34H43N3O6S/c1-25-13-11-12-16-27(25)23-36(31(21-26-14-7-5-8-15-26)34(39)35-28-17-9-6-10-18-28)33(38)24-37(44(4,40)41)30-22-29(42-2)19-20-32(30)43-3/h5,7-8,11-16,19-20,22,28,31H,6,9-10,17-18,21,23-24H2,1-4H3,(H,35,39)/t31-/m0/s1. The fourth-order valence-electron chi connectivity index (χ4n) is 5.66. The van der Waals surface area contributed by atoms with Crippen molar-refractivity contribution in [3.63, 3.8) is 0 Å².